The van der Waals surface area contributed by atoms with Gasteiger partial charge in [0.15, 0.2) is 6.29 Å². The third kappa shape index (κ3) is 2.21. The third-order valence-corrected chi connectivity index (χ3v) is 3.77. The second kappa shape index (κ2) is 4.17. The Balaban J connectivity index is 2.27. The zero-order valence-electron chi connectivity index (χ0n) is 11.2. The molecule has 0 spiro atoms. The number of hydrogen-bond donors (Lipinski definition) is 0. The number of piperidine rings is 1. The first-order valence-corrected chi connectivity index (χ1v) is 6.18. The van der Waals surface area contributed by atoms with E-state index in [0.717, 1.165) is 49.3 Å². The summed E-state index contributed by atoms with van der Waals surface area (Å²) in [5.41, 5.74) is 1.99. The summed E-state index contributed by atoms with van der Waals surface area (Å²) in [4.78, 5) is 13.4. The molecule has 0 aromatic carbocycles. The van der Waals surface area contributed by atoms with Crippen molar-refractivity contribution in [3.8, 4) is 0 Å². The summed E-state index contributed by atoms with van der Waals surface area (Å²) >= 11 is 0. The van der Waals surface area contributed by atoms with Crippen molar-refractivity contribution in [1.82, 2.24) is 9.78 Å². The molecule has 2 heterocycles. The maximum Gasteiger partial charge on any atom is 0.155 e. The van der Waals surface area contributed by atoms with Gasteiger partial charge in [-0.3, -0.25) is 9.48 Å². The number of aldehydes is 1. The highest BCUT2D eigenvalue weighted by Gasteiger charge is 2.28. The smallest absolute Gasteiger partial charge is 0.155 e. The average Bonchev–Trinajstić information content (AvgIpc) is 2.53. The summed E-state index contributed by atoms with van der Waals surface area (Å²) in [7, 11) is 1.91. The van der Waals surface area contributed by atoms with Gasteiger partial charge in [-0.25, -0.2) is 0 Å². The highest BCUT2D eigenvalue weighted by atomic mass is 16.1. The van der Waals surface area contributed by atoms with Crippen LogP contribution in [0.2, 0.25) is 0 Å². The molecule has 4 nitrogen and oxygen atoms in total. The van der Waals surface area contributed by atoms with Crippen LogP contribution in [-0.4, -0.2) is 29.2 Å². The summed E-state index contributed by atoms with van der Waals surface area (Å²) in [5.74, 6) is 0.980. The largest absolute Gasteiger partial charge is 0.356 e. The molecule has 0 atom stereocenters. The van der Waals surface area contributed by atoms with Crippen molar-refractivity contribution >= 4 is 12.1 Å². The van der Waals surface area contributed by atoms with Gasteiger partial charge in [0.1, 0.15) is 5.82 Å². The molecule has 1 saturated heterocycles. The Bertz CT molecular complexity index is 424. The molecule has 0 N–H and O–H groups in total. The molecule has 94 valence electrons. The van der Waals surface area contributed by atoms with Crippen molar-refractivity contribution in [1.29, 1.82) is 0 Å². The zero-order chi connectivity index (χ0) is 12.6. The Hall–Kier alpha value is -1.32. The highest BCUT2D eigenvalue weighted by Crippen LogP contribution is 2.33. The molecule has 1 aromatic rings. The number of aryl methyl sites for hydroxylation is 2. The highest BCUT2D eigenvalue weighted by molar-refractivity contribution is 5.84. The van der Waals surface area contributed by atoms with E-state index in [1.165, 1.54) is 0 Å². The first-order valence-electron chi connectivity index (χ1n) is 6.18. The fraction of sp³-hybridized carbons (Fsp3) is 0.692. The molecule has 4 heteroatoms. The van der Waals surface area contributed by atoms with Gasteiger partial charge in [-0.2, -0.15) is 5.10 Å². The maximum absolute atomic E-state index is 11.2. The van der Waals surface area contributed by atoms with E-state index in [-0.39, 0.29) is 0 Å². The van der Waals surface area contributed by atoms with E-state index in [1.807, 2.05) is 18.7 Å². The lowest BCUT2D eigenvalue weighted by atomic mass is 9.82. The van der Waals surface area contributed by atoms with Crippen LogP contribution < -0.4 is 4.90 Å². The summed E-state index contributed by atoms with van der Waals surface area (Å²) < 4.78 is 1.83. The molecule has 0 unspecified atom stereocenters. The van der Waals surface area contributed by atoms with Crippen molar-refractivity contribution in [2.45, 2.75) is 33.6 Å². The Kier molecular flexibility index (Phi) is 2.98. The lowest BCUT2D eigenvalue weighted by Crippen LogP contribution is -2.38. The van der Waals surface area contributed by atoms with Gasteiger partial charge in [0.05, 0.1) is 11.3 Å². The van der Waals surface area contributed by atoms with Gasteiger partial charge in [0.2, 0.25) is 0 Å². The van der Waals surface area contributed by atoms with Crippen molar-refractivity contribution < 1.29 is 4.79 Å². The maximum atomic E-state index is 11.2. The topological polar surface area (TPSA) is 38.1 Å². The molecule has 0 amide bonds. The Morgan fingerprint density at radius 2 is 1.88 bits per heavy atom. The van der Waals surface area contributed by atoms with Crippen LogP contribution in [0.15, 0.2) is 0 Å². The Morgan fingerprint density at radius 1 is 1.29 bits per heavy atom. The molecule has 0 radical (unpaired) electrons. The molecule has 2 rings (SSSR count). The summed E-state index contributed by atoms with van der Waals surface area (Å²) in [6, 6.07) is 0. The Morgan fingerprint density at radius 3 is 2.41 bits per heavy atom. The van der Waals surface area contributed by atoms with Crippen LogP contribution in [0.3, 0.4) is 0 Å². The van der Waals surface area contributed by atoms with Crippen LogP contribution in [0.25, 0.3) is 0 Å². The predicted octanol–water partition coefficient (Wildman–Crippen LogP) is 2.17. The number of hydrogen-bond acceptors (Lipinski definition) is 3. The molecule has 1 aromatic heterocycles. The van der Waals surface area contributed by atoms with Gasteiger partial charge in [-0.15, -0.1) is 0 Å². The number of carbonyl (C=O) groups is 1. The van der Waals surface area contributed by atoms with Crippen molar-refractivity contribution in [2.24, 2.45) is 12.5 Å². The molecule has 1 aliphatic rings. The van der Waals surface area contributed by atoms with Gasteiger partial charge in [-0.1, -0.05) is 13.8 Å². The quantitative estimate of drug-likeness (QED) is 0.737. The van der Waals surface area contributed by atoms with Crippen LogP contribution in [0.5, 0.6) is 0 Å². The number of rotatable bonds is 2. The molecule has 1 aliphatic heterocycles. The van der Waals surface area contributed by atoms with E-state index < -0.39 is 0 Å². The third-order valence-electron chi connectivity index (χ3n) is 3.77. The summed E-state index contributed by atoms with van der Waals surface area (Å²) in [6.07, 6.45) is 3.25. The lowest BCUT2D eigenvalue weighted by Gasteiger charge is -2.38. The van der Waals surface area contributed by atoms with Crippen LogP contribution in [0.1, 0.15) is 42.7 Å². The first-order chi connectivity index (χ1) is 7.94. The average molecular weight is 235 g/mol. The van der Waals surface area contributed by atoms with Crippen molar-refractivity contribution in [2.75, 3.05) is 18.0 Å². The lowest BCUT2D eigenvalue weighted by molar-refractivity contribution is 0.112. The first kappa shape index (κ1) is 12.1. The fourth-order valence-corrected chi connectivity index (χ4v) is 2.50. The van der Waals surface area contributed by atoms with Gasteiger partial charge in [0.25, 0.3) is 0 Å². The van der Waals surface area contributed by atoms with E-state index in [1.54, 1.807) is 0 Å². The normalized spacial score (nSPS) is 19.4. The summed E-state index contributed by atoms with van der Waals surface area (Å²) in [5, 5.41) is 4.34. The molecule has 1 fully saturated rings. The minimum atomic E-state index is 0.422. The molecule has 0 saturated carbocycles. The van der Waals surface area contributed by atoms with Crippen LogP contribution in [0, 0.1) is 12.3 Å². The number of carbonyl (C=O) groups excluding carboxylic acids is 1. The van der Waals surface area contributed by atoms with Crippen LogP contribution in [0.4, 0.5) is 5.82 Å². The molecule has 0 bridgehead atoms. The summed E-state index contributed by atoms with van der Waals surface area (Å²) in [6.45, 7) is 8.51. The van der Waals surface area contributed by atoms with Gasteiger partial charge >= 0.3 is 0 Å². The molecular weight excluding hydrogens is 214 g/mol. The number of anilines is 1. The van der Waals surface area contributed by atoms with Crippen LogP contribution >= 0.6 is 0 Å². The minimum Gasteiger partial charge on any atom is -0.356 e. The molecule has 0 aliphatic carbocycles. The van der Waals surface area contributed by atoms with Gasteiger partial charge in [-0.05, 0) is 25.2 Å². The van der Waals surface area contributed by atoms with Gasteiger partial charge < -0.3 is 4.90 Å². The number of nitrogens with zero attached hydrogens (tertiary/aromatic N) is 3. The fourth-order valence-electron chi connectivity index (χ4n) is 2.50. The van der Waals surface area contributed by atoms with E-state index in [2.05, 4.69) is 23.8 Å². The van der Waals surface area contributed by atoms with Crippen LogP contribution in [-0.2, 0) is 7.05 Å². The minimum absolute atomic E-state index is 0.422. The molecular formula is C13H21N3O. The monoisotopic (exact) mass is 235 g/mol. The number of aromatic nitrogens is 2. The SMILES string of the molecule is Cc1nn(C)c(N2CCC(C)(C)CC2)c1C=O. The van der Waals surface area contributed by atoms with E-state index in [4.69, 9.17) is 0 Å². The predicted molar refractivity (Wildman–Crippen MR) is 68.6 cm³/mol. The van der Waals surface area contributed by atoms with E-state index in [0.29, 0.717) is 5.41 Å². The molecule has 17 heavy (non-hydrogen) atoms. The second-order valence-corrected chi connectivity index (χ2v) is 5.72. The standard InChI is InChI=1S/C13H21N3O/c1-10-11(9-17)12(15(4)14-10)16-7-5-13(2,3)6-8-16/h9H,5-8H2,1-4H3. The zero-order valence-corrected chi connectivity index (χ0v) is 11.2. The van der Waals surface area contributed by atoms with Gasteiger partial charge in [0, 0.05) is 20.1 Å². The van der Waals surface area contributed by atoms with E-state index >= 15 is 0 Å². The second-order valence-electron chi connectivity index (χ2n) is 5.72. The van der Waals surface area contributed by atoms with Crippen molar-refractivity contribution in [3.05, 3.63) is 11.3 Å². The van der Waals surface area contributed by atoms with E-state index in [9.17, 15) is 4.79 Å². The Labute approximate surface area is 103 Å². The van der Waals surface area contributed by atoms with Crippen molar-refractivity contribution in [3.63, 3.8) is 0 Å².